The van der Waals surface area contributed by atoms with Crippen molar-refractivity contribution in [2.24, 2.45) is 11.1 Å². The van der Waals surface area contributed by atoms with Gasteiger partial charge in [-0.1, -0.05) is 0 Å². The Morgan fingerprint density at radius 3 is 2.23 bits per heavy atom. The summed E-state index contributed by atoms with van der Waals surface area (Å²) in [6.07, 6.45) is -5.50. The highest BCUT2D eigenvalue weighted by Gasteiger charge is 2.63. The third-order valence-electron chi connectivity index (χ3n) is 2.50. The molecule has 0 heterocycles. The molecule has 0 saturated heterocycles. The van der Waals surface area contributed by atoms with Crippen molar-refractivity contribution in [1.82, 2.24) is 0 Å². The molecule has 1 aliphatic rings. The van der Waals surface area contributed by atoms with E-state index in [9.17, 15) is 18.0 Å². The lowest BCUT2D eigenvalue weighted by molar-refractivity contribution is -0.230. The van der Waals surface area contributed by atoms with Crippen molar-refractivity contribution in [3.63, 3.8) is 0 Å². The van der Waals surface area contributed by atoms with Gasteiger partial charge in [-0.2, -0.15) is 13.2 Å². The maximum absolute atomic E-state index is 12.4. The molecule has 13 heavy (non-hydrogen) atoms. The van der Waals surface area contributed by atoms with Crippen LogP contribution in [0.25, 0.3) is 0 Å². The molecule has 1 saturated carbocycles. The maximum atomic E-state index is 12.4. The largest absolute Gasteiger partial charge is 0.481 e. The highest BCUT2D eigenvalue weighted by atomic mass is 19.4. The van der Waals surface area contributed by atoms with Crippen LogP contribution in [-0.2, 0) is 4.79 Å². The number of carboxylic acids is 1. The van der Waals surface area contributed by atoms with Gasteiger partial charge < -0.3 is 10.8 Å². The van der Waals surface area contributed by atoms with Gasteiger partial charge in [0, 0.05) is 6.04 Å². The summed E-state index contributed by atoms with van der Waals surface area (Å²) in [6.45, 7) is 0. The molecule has 0 aliphatic heterocycles. The van der Waals surface area contributed by atoms with Crippen LogP contribution in [0.5, 0.6) is 0 Å². The second-order valence-electron chi connectivity index (χ2n) is 3.39. The summed E-state index contributed by atoms with van der Waals surface area (Å²) in [5.41, 5.74) is 2.68. The molecule has 0 amide bonds. The van der Waals surface area contributed by atoms with Crippen molar-refractivity contribution in [2.75, 3.05) is 0 Å². The zero-order valence-electron chi connectivity index (χ0n) is 6.77. The molecule has 6 heteroatoms. The zero-order valence-corrected chi connectivity index (χ0v) is 6.77. The van der Waals surface area contributed by atoms with Gasteiger partial charge in [0.1, 0.15) is 0 Å². The van der Waals surface area contributed by atoms with Crippen LogP contribution >= 0.6 is 0 Å². The van der Waals surface area contributed by atoms with Gasteiger partial charge in [0.05, 0.1) is 0 Å². The quantitative estimate of drug-likeness (QED) is 0.662. The first-order chi connectivity index (χ1) is 5.79. The number of carboxylic acid groups (broad SMARTS) is 1. The second-order valence-corrected chi connectivity index (χ2v) is 3.39. The summed E-state index contributed by atoms with van der Waals surface area (Å²) >= 11 is 0. The Morgan fingerprint density at radius 1 is 1.54 bits per heavy atom. The number of alkyl halides is 3. The number of aliphatic carboxylic acids is 1. The van der Waals surface area contributed by atoms with Gasteiger partial charge in [0.15, 0.2) is 5.41 Å². The molecule has 3 N–H and O–H groups in total. The van der Waals surface area contributed by atoms with Crippen molar-refractivity contribution in [3.8, 4) is 0 Å². The van der Waals surface area contributed by atoms with E-state index in [0.29, 0.717) is 0 Å². The first-order valence-electron chi connectivity index (χ1n) is 3.85. The maximum Gasteiger partial charge on any atom is 0.404 e. The lowest BCUT2D eigenvalue weighted by atomic mass is 9.85. The van der Waals surface area contributed by atoms with Crippen molar-refractivity contribution < 1.29 is 23.1 Å². The van der Waals surface area contributed by atoms with Crippen LogP contribution in [0.15, 0.2) is 0 Å². The molecule has 1 rings (SSSR count). The number of carbonyl (C=O) groups is 1. The van der Waals surface area contributed by atoms with Crippen LogP contribution in [0, 0.1) is 5.41 Å². The fraction of sp³-hybridized carbons (Fsp3) is 0.857. The number of halogens is 3. The average molecular weight is 197 g/mol. The van der Waals surface area contributed by atoms with E-state index >= 15 is 0 Å². The lowest BCUT2D eigenvalue weighted by Gasteiger charge is -2.26. The van der Waals surface area contributed by atoms with Crippen LogP contribution in [0.3, 0.4) is 0 Å². The summed E-state index contributed by atoms with van der Waals surface area (Å²) in [5, 5.41) is 8.54. The summed E-state index contributed by atoms with van der Waals surface area (Å²) < 4.78 is 37.2. The molecule has 1 fully saturated rings. The molecule has 3 nitrogen and oxygen atoms in total. The van der Waals surface area contributed by atoms with Gasteiger partial charge in [-0.05, 0) is 19.3 Å². The molecule has 0 bridgehead atoms. The Labute approximate surface area is 72.7 Å². The van der Waals surface area contributed by atoms with Crippen LogP contribution in [0.2, 0.25) is 0 Å². The summed E-state index contributed by atoms with van der Waals surface area (Å²) in [6, 6.07) is -0.655. The van der Waals surface area contributed by atoms with E-state index in [0.717, 1.165) is 0 Å². The first kappa shape index (κ1) is 10.3. The fourth-order valence-corrected chi connectivity index (χ4v) is 1.66. The van der Waals surface area contributed by atoms with Crippen LogP contribution in [0.4, 0.5) is 13.2 Å². The van der Waals surface area contributed by atoms with Gasteiger partial charge in [-0.25, -0.2) is 0 Å². The van der Waals surface area contributed by atoms with Crippen molar-refractivity contribution >= 4 is 5.97 Å². The standard InChI is InChI=1S/C7H10F3NO2/c8-7(9,10)6(5(12)13)2-1-4(11)3-6/h4H,1-3,11H2,(H,12,13)/t4?,6-/m0/s1. The monoisotopic (exact) mass is 197 g/mol. The molecule has 1 aliphatic carbocycles. The van der Waals surface area contributed by atoms with Crippen LogP contribution < -0.4 is 5.73 Å². The summed E-state index contributed by atoms with van der Waals surface area (Å²) in [5.74, 6) is -1.81. The molecular formula is C7H10F3NO2. The minimum atomic E-state index is -4.70. The number of rotatable bonds is 1. The third kappa shape index (κ3) is 1.50. The molecule has 0 aromatic heterocycles. The van der Waals surface area contributed by atoms with E-state index in [2.05, 4.69) is 0 Å². The molecule has 0 radical (unpaired) electrons. The van der Waals surface area contributed by atoms with Crippen molar-refractivity contribution in [2.45, 2.75) is 31.5 Å². The predicted molar refractivity (Wildman–Crippen MR) is 38.0 cm³/mol. The van der Waals surface area contributed by atoms with E-state index in [1.54, 1.807) is 0 Å². The highest BCUT2D eigenvalue weighted by molar-refractivity contribution is 5.76. The Morgan fingerprint density at radius 2 is 2.08 bits per heavy atom. The number of nitrogens with two attached hydrogens (primary N) is 1. The number of hydrogen-bond donors (Lipinski definition) is 2. The normalized spacial score (nSPS) is 34.9. The van der Waals surface area contributed by atoms with Crippen LogP contribution in [-0.4, -0.2) is 23.3 Å². The van der Waals surface area contributed by atoms with Gasteiger partial charge in [0.25, 0.3) is 0 Å². The zero-order chi connectivity index (χ0) is 10.3. The van der Waals surface area contributed by atoms with Crippen LogP contribution in [0.1, 0.15) is 19.3 Å². The van der Waals surface area contributed by atoms with E-state index < -0.39 is 36.4 Å². The Bertz CT molecular complexity index is 228. The summed E-state index contributed by atoms with van der Waals surface area (Å²) in [4.78, 5) is 10.5. The SMILES string of the molecule is NC1CC[C@](C(=O)O)(C(F)(F)F)C1. The molecule has 0 aromatic carbocycles. The number of hydrogen-bond acceptors (Lipinski definition) is 2. The van der Waals surface area contributed by atoms with Gasteiger partial charge in [0.2, 0.25) is 0 Å². The summed E-state index contributed by atoms with van der Waals surface area (Å²) in [7, 11) is 0. The smallest absolute Gasteiger partial charge is 0.404 e. The Kier molecular flexibility index (Phi) is 2.27. The van der Waals surface area contributed by atoms with E-state index in [1.165, 1.54) is 0 Å². The minimum absolute atomic E-state index is 0.117. The molecular weight excluding hydrogens is 187 g/mol. The Hall–Kier alpha value is -0.780. The molecule has 1 unspecified atom stereocenters. The predicted octanol–water partition coefficient (Wildman–Crippen LogP) is 1.13. The van der Waals surface area contributed by atoms with Gasteiger partial charge in [-0.3, -0.25) is 4.79 Å². The molecule has 0 spiro atoms. The van der Waals surface area contributed by atoms with E-state index in [1.807, 2.05) is 0 Å². The first-order valence-corrected chi connectivity index (χ1v) is 3.85. The Balaban J connectivity index is 2.97. The minimum Gasteiger partial charge on any atom is -0.481 e. The molecule has 2 atom stereocenters. The van der Waals surface area contributed by atoms with E-state index in [-0.39, 0.29) is 6.42 Å². The second kappa shape index (κ2) is 2.87. The third-order valence-corrected chi connectivity index (χ3v) is 2.50. The lowest BCUT2D eigenvalue weighted by Crippen LogP contribution is -2.43. The fourth-order valence-electron chi connectivity index (χ4n) is 1.66. The molecule has 0 aromatic rings. The topological polar surface area (TPSA) is 63.3 Å². The van der Waals surface area contributed by atoms with Gasteiger partial charge in [-0.15, -0.1) is 0 Å². The van der Waals surface area contributed by atoms with Crippen molar-refractivity contribution in [3.05, 3.63) is 0 Å². The van der Waals surface area contributed by atoms with Gasteiger partial charge >= 0.3 is 12.1 Å². The van der Waals surface area contributed by atoms with Crippen molar-refractivity contribution in [1.29, 1.82) is 0 Å². The molecule has 76 valence electrons. The average Bonchev–Trinajstić information content (AvgIpc) is 2.30. The highest BCUT2D eigenvalue weighted by Crippen LogP contribution is 2.50. The van der Waals surface area contributed by atoms with E-state index in [4.69, 9.17) is 10.8 Å².